The Hall–Kier alpha value is -0.620. The molecule has 1 saturated heterocycles. The fourth-order valence-electron chi connectivity index (χ4n) is 2.08. The Labute approximate surface area is 122 Å². The highest BCUT2D eigenvalue weighted by Gasteiger charge is 2.24. The summed E-state index contributed by atoms with van der Waals surface area (Å²) in [5.41, 5.74) is 0. The number of nitrogens with one attached hydrogen (secondary N) is 1. The lowest BCUT2D eigenvalue weighted by Crippen LogP contribution is -2.49. The van der Waals surface area contributed by atoms with Crippen LogP contribution in [0, 0.1) is 0 Å². The number of carbonyl (C=O) groups excluding carboxylic acids is 1. The molecule has 4 nitrogen and oxygen atoms in total. The highest BCUT2D eigenvalue weighted by Crippen LogP contribution is 2.21. The van der Waals surface area contributed by atoms with E-state index in [1.165, 1.54) is 0 Å². The molecule has 1 aromatic heterocycles. The summed E-state index contributed by atoms with van der Waals surface area (Å²) in [4.78, 5) is 15.3. The normalized spacial score (nSPS) is 17.5. The highest BCUT2D eigenvalue weighted by molar-refractivity contribution is 7.10. The van der Waals surface area contributed by atoms with Gasteiger partial charge in [0.15, 0.2) is 0 Å². The van der Waals surface area contributed by atoms with Gasteiger partial charge in [0.05, 0.1) is 24.3 Å². The van der Waals surface area contributed by atoms with Gasteiger partial charge < -0.3 is 15.0 Å². The van der Waals surface area contributed by atoms with E-state index in [2.05, 4.69) is 5.32 Å². The maximum Gasteiger partial charge on any atom is 0.239 e. The molecule has 0 aromatic carbocycles. The molecule has 0 aliphatic carbocycles. The van der Waals surface area contributed by atoms with Crippen molar-refractivity contribution in [2.24, 2.45) is 0 Å². The quantitative estimate of drug-likeness (QED) is 0.906. The average Bonchev–Trinajstić information content (AvgIpc) is 2.86. The van der Waals surface area contributed by atoms with E-state index in [1.807, 2.05) is 23.3 Å². The second-order valence-corrected chi connectivity index (χ2v) is 5.88. The monoisotopic (exact) mass is 302 g/mol. The van der Waals surface area contributed by atoms with Gasteiger partial charge in [-0.3, -0.25) is 4.79 Å². The van der Waals surface area contributed by atoms with Crippen LogP contribution >= 0.6 is 22.9 Å². The van der Waals surface area contributed by atoms with Crippen LogP contribution in [0.15, 0.2) is 11.4 Å². The van der Waals surface area contributed by atoms with E-state index in [9.17, 15) is 4.79 Å². The van der Waals surface area contributed by atoms with E-state index in [4.69, 9.17) is 16.3 Å². The minimum absolute atomic E-state index is 0.142. The van der Waals surface area contributed by atoms with E-state index < -0.39 is 0 Å². The molecule has 1 aliphatic rings. The maximum atomic E-state index is 12.4. The summed E-state index contributed by atoms with van der Waals surface area (Å²) < 4.78 is 5.27. The molecule has 1 atom stereocenters. The first-order valence-electron chi connectivity index (χ1n) is 6.54. The summed E-state index contributed by atoms with van der Waals surface area (Å²) in [6, 6.07) is 1.74. The van der Waals surface area contributed by atoms with Crippen LogP contribution in [0.1, 0.15) is 18.2 Å². The third-order valence-corrected chi connectivity index (χ3v) is 4.62. The van der Waals surface area contributed by atoms with Crippen molar-refractivity contribution < 1.29 is 9.53 Å². The van der Waals surface area contributed by atoms with Crippen molar-refractivity contribution in [1.82, 2.24) is 10.2 Å². The standard InChI is InChI=1S/C13H19ClN2O2S/c1-2-11(13(17)16-4-6-18-7-5-16)15-9-12-10(14)3-8-19-12/h3,8,11,15H,2,4-7,9H2,1H3/t11-/m0/s1. The van der Waals surface area contributed by atoms with Gasteiger partial charge in [0.2, 0.25) is 5.91 Å². The van der Waals surface area contributed by atoms with Crippen molar-refractivity contribution >= 4 is 28.8 Å². The van der Waals surface area contributed by atoms with Crippen molar-refractivity contribution in [2.45, 2.75) is 25.9 Å². The number of hydrogen-bond donors (Lipinski definition) is 1. The van der Waals surface area contributed by atoms with E-state index >= 15 is 0 Å². The van der Waals surface area contributed by atoms with Crippen LogP contribution in [0.2, 0.25) is 5.02 Å². The van der Waals surface area contributed by atoms with Crippen LogP contribution < -0.4 is 5.32 Å². The van der Waals surface area contributed by atoms with Gasteiger partial charge in [-0.05, 0) is 17.9 Å². The Morgan fingerprint density at radius 3 is 2.89 bits per heavy atom. The van der Waals surface area contributed by atoms with Crippen molar-refractivity contribution in [3.63, 3.8) is 0 Å². The Bertz CT molecular complexity index is 419. The molecule has 2 rings (SSSR count). The molecule has 0 radical (unpaired) electrons. The number of rotatable bonds is 5. The van der Waals surface area contributed by atoms with Gasteiger partial charge >= 0.3 is 0 Å². The SMILES string of the molecule is CC[C@H](NCc1sccc1Cl)C(=O)N1CCOCC1. The van der Waals surface area contributed by atoms with Crippen molar-refractivity contribution in [3.05, 3.63) is 21.3 Å². The lowest BCUT2D eigenvalue weighted by atomic mass is 10.2. The van der Waals surface area contributed by atoms with E-state index in [1.54, 1.807) is 11.3 Å². The predicted octanol–water partition coefficient (Wildman–Crippen LogP) is 2.13. The Balaban J connectivity index is 1.88. The summed E-state index contributed by atoms with van der Waals surface area (Å²) in [5.74, 6) is 0.165. The maximum absolute atomic E-state index is 12.4. The minimum atomic E-state index is -0.142. The Morgan fingerprint density at radius 2 is 2.32 bits per heavy atom. The lowest BCUT2D eigenvalue weighted by molar-refractivity contribution is -0.137. The Morgan fingerprint density at radius 1 is 1.58 bits per heavy atom. The smallest absolute Gasteiger partial charge is 0.239 e. The van der Waals surface area contributed by atoms with Gasteiger partial charge in [0.1, 0.15) is 0 Å². The number of nitrogens with zero attached hydrogens (tertiary/aromatic N) is 1. The molecule has 1 fully saturated rings. The van der Waals surface area contributed by atoms with Crippen molar-refractivity contribution in [3.8, 4) is 0 Å². The lowest BCUT2D eigenvalue weighted by Gasteiger charge is -2.30. The first-order chi connectivity index (χ1) is 9.22. The highest BCUT2D eigenvalue weighted by atomic mass is 35.5. The predicted molar refractivity (Wildman–Crippen MR) is 77.6 cm³/mol. The van der Waals surface area contributed by atoms with Gasteiger partial charge in [-0.15, -0.1) is 11.3 Å². The van der Waals surface area contributed by atoms with Gasteiger partial charge in [0, 0.05) is 24.5 Å². The van der Waals surface area contributed by atoms with Crippen LogP contribution in [0.25, 0.3) is 0 Å². The van der Waals surface area contributed by atoms with Crippen molar-refractivity contribution in [2.75, 3.05) is 26.3 Å². The van der Waals surface area contributed by atoms with Crippen LogP contribution in [0.4, 0.5) is 0 Å². The molecule has 6 heteroatoms. The van der Waals surface area contributed by atoms with Gasteiger partial charge in [-0.2, -0.15) is 0 Å². The number of morpholine rings is 1. The molecule has 106 valence electrons. The van der Waals surface area contributed by atoms with Crippen molar-refractivity contribution in [1.29, 1.82) is 0 Å². The first-order valence-corrected chi connectivity index (χ1v) is 7.80. The van der Waals surface area contributed by atoms with E-state index in [0.29, 0.717) is 32.8 Å². The molecule has 0 spiro atoms. The topological polar surface area (TPSA) is 41.6 Å². The summed E-state index contributed by atoms with van der Waals surface area (Å²) in [6.45, 7) is 5.32. The number of thiophene rings is 1. The van der Waals surface area contributed by atoms with Crippen LogP contribution in [0.5, 0.6) is 0 Å². The fraction of sp³-hybridized carbons (Fsp3) is 0.615. The molecule has 0 bridgehead atoms. The molecule has 1 aromatic rings. The van der Waals surface area contributed by atoms with E-state index in [0.717, 1.165) is 16.3 Å². The van der Waals surface area contributed by atoms with Crippen LogP contribution in [0.3, 0.4) is 0 Å². The fourth-order valence-corrected chi connectivity index (χ4v) is 3.13. The number of carbonyl (C=O) groups is 1. The third-order valence-electron chi connectivity index (χ3n) is 3.23. The Kier molecular flexibility index (Phi) is 5.63. The molecule has 19 heavy (non-hydrogen) atoms. The van der Waals surface area contributed by atoms with Gasteiger partial charge in [-0.25, -0.2) is 0 Å². The summed E-state index contributed by atoms with van der Waals surface area (Å²) in [5, 5.41) is 6.04. The molecular formula is C13H19ClN2O2S. The molecule has 1 N–H and O–H groups in total. The van der Waals surface area contributed by atoms with E-state index in [-0.39, 0.29) is 11.9 Å². The first kappa shape index (κ1) is 14.8. The van der Waals surface area contributed by atoms with Crippen LogP contribution in [-0.4, -0.2) is 43.2 Å². The summed E-state index contributed by atoms with van der Waals surface area (Å²) >= 11 is 7.66. The second-order valence-electron chi connectivity index (χ2n) is 4.47. The molecule has 0 saturated carbocycles. The second kappa shape index (κ2) is 7.24. The molecule has 1 amide bonds. The third kappa shape index (κ3) is 3.92. The molecular weight excluding hydrogens is 284 g/mol. The zero-order chi connectivity index (χ0) is 13.7. The zero-order valence-electron chi connectivity index (χ0n) is 11.0. The van der Waals surface area contributed by atoms with Gasteiger partial charge in [0.25, 0.3) is 0 Å². The number of ether oxygens (including phenoxy) is 1. The summed E-state index contributed by atoms with van der Waals surface area (Å²) in [6.07, 6.45) is 0.777. The average molecular weight is 303 g/mol. The summed E-state index contributed by atoms with van der Waals surface area (Å²) in [7, 11) is 0. The number of halogens is 1. The number of hydrogen-bond acceptors (Lipinski definition) is 4. The minimum Gasteiger partial charge on any atom is -0.378 e. The zero-order valence-corrected chi connectivity index (χ0v) is 12.6. The molecule has 0 unspecified atom stereocenters. The number of amides is 1. The van der Waals surface area contributed by atoms with Gasteiger partial charge in [-0.1, -0.05) is 18.5 Å². The molecule has 2 heterocycles. The molecule has 1 aliphatic heterocycles. The largest absolute Gasteiger partial charge is 0.378 e. The van der Waals surface area contributed by atoms with Crippen LogP contribution in [-0.2, 0) is 16.1 Å².